The minimum Gasteiger partial charge on any atom is -0.405 e. The van der Waals surface area contributed by atoms with Gasteiger partial charge in [-0.15, -0.1) is 0 Å². The Labute approximate surface area is 80.1 Å². The van der Waals surface area contributed by atoms with Gasteiger partial charge in [-0.25, -0.2) is 0 Å². The van der Waals surface area contributed by atoms with Crippen molar-refractivity contribution in [3.8, 4) is 0 Å². The minimum absolute atomic E-state index is 0.340. The summed E-state index contributed by atoms with van der Waals surface area (Å²) in [5.74, 6) is 0. The fourth-order valence-electron chi connectivity index (χ4n) is 0.976. The van der Waals surface area contributed by atoms with Crippen LogP contribution in [-0.2, 0) is 0 Å². The molecule has 0 fully saturated rings. The summed E-state index contributed by atoms with van der Waals surface area (Å²) >= 11 is 0. The smallest absolute Gasteiger partial charge is 0.0196 e. The second kappa shape index (κ2) is 7.64. The molecular formula is C9H20N4. The number of nitrogens with two attached hydrogens (primary N) is 3. The molecule has 0 spiro atoms. The maximum absolute atomic E-state index is 5.56. The molecule has 1 atom stereocenters. The van der Waals surface area contributed by atoms with Gasteiger partial charge in [-0.05, 0) is 19.3 Å². The number of hydrogen-bond donors (Lipinski definition) is 3. The Bertz CT molecular complexity index is 151. The van der Waals surface area contributed by atoms with Crippen molar-refractivity contribution in [1.82, 2.24) is 4.90 Å². The standard InChI is InChI=1S/C9H20N4/c1-9(8-12)13(6-2-4-10)7-3-5-11/h2-5,9H,6-8,10-12H2,1H3. The predicted molar refractivity (Wildman–Crippen MR) is 56.7 cm³/mol. The van der Waals surface area contributed by atoms with E-state index in [1.165, 1.54) is 0 Å². The molecule has 0 aromatic carbocycles. The average molecular weight is 184 g/mol. The second-order valence-electron chi connectivity index (χ2n) is 2.89. The van der Waals surface area contributed by atoms with Gasteiger partial charge in [0.15, 0.2) is 0 Å². The van der Waals surface area contributed by atoms with E-state index in [0.717, 1.165) is 13.1 Å². The van der Waals surface area contributed by atoms with E-state index in [1.807, 2.05) is 12.2 Å². The molecule has 0 aliphatic rings. The highest BCUT2D eigenvalue weighted by atomic mass is 15.1. The van der Waals surface area contributed by atoms with Crippen molar-refractivity contribution < 1.29 is 0 Å². The van der Waals surface area contributed by atoms with Crippen LogP contribution in [0, 0.1) is 0 Å². The van der Waals surface area contributed by atoms with Crippen LogP contribution < -0.4 is 17.2 Å². The van der Waals surface area contributed by atoms with Crippen molar-refractivity contribution in [3.63, 3.8) is 0 Å². The van der Waals surface area contributed by atoms with Crippen LogP contribution in [0.4, 0.5) is 0 Å². The highest BCUT2D eigenvalue weighted by molar-refractivity contribution is 4.88. The zero-order valence-electron chi connectivity index (χ0n) is 8.19. The lowest BCUT2D eigenvalue weighted by Crippen LogP contribution is -2.38. The summed E-state index contributed by atoms with van der Waals surface area (Å²) < 4.78 is 0. The summed E-state index contributed by atoms with van der Waals surface area (Å²) in [5, 5.41) is 0. The van der Waals surface area contributed by atoms with Crippen LogP contribution in [0.3, 0.4) is 0 Å². The zero-order valence-corrected chi connectivity index (χ0v) is 8.19. The van der Waals surface area contributed by atoms with Gasteiger partial charge >= 0.3 is 0 Å². The Morgan fingerprint density at radius 3 is 1.92 bits per heavy atom. The molecule has 0 saturated carbocycles. The quantitative estimate of drug-likeness (QED) is 0.524. The topological polar surface area (TPSA) is 81.3 Å². The lowest BCUT2D eigenvalue weighted by molar-refractivity contribution is 0.261. The van der Waals surface area contributed by atoms with E-state index in [0.29, 0.717) is 12.6 Å². The van der Waals surface area contributed by atoms with Gasteiger partial charge < -0.3 is 17.2 Å². The summed E-state index contributed by atoms with van der Waals surface area (Å²) in [4.78, 5) is 2.19. The maximum Gasteiger partial charge on any atom is 0.0196 e. The minimum atomic E-state index is 0.340. The third-order valence-corrected chi connectivity index (χ3v) is 1.92. The predicted octanol–water partition coefficient (Wildman–Crippen LogP) is -0.420. The van der Waals surface area contributed by atoms with Gasteiger partial charge in [0.25, 0.3) is 0 Å². The Balaban J connectivity index is 4.01. The lowest BCUT2D eigenvalue weighted by atomic mass is 10.2. The first-order chi connectivity index (χ1) is 6.26. The summed E-state index contributed by atoms with van der Waals surface area (Å²) in [5.41, 5.74) is 16.1. The third kappa shape index (κ3) is 5.27. The molecule has 4 nitrogen and oxygen atoms in total. The molecule has 0 aliphatic carbocycles. The highest BCUT2D eigenvalue weighted by Crippen LogP contribution is 1.97. The molecule has 6 N–H and O–H groups in total. The van der Waals surface area contributed by atoms with Crippen LogP contribution in [0.5, 0.6) is 0 Å². The summed E-state index contributed by atoms with van der Waals surface area (Å²) in [6.07, 6.45) is 6.89. The highest BCUT2D eigenvalue weighted by Gasteiger charge is 2.08. The van der Waals surface area contributed by atoms with Crippen LogP contribution >= 0.6 is 0 Å². The molecule has 13 heavy (non-hydrogen) atoms. The maximum atomic E-state index is 5.56. The molecule has 0 rings (SSSR count). The van der Waals surface area contributed by atoms with Gasteiger partial charge in [-0.2, -0.15) is 0 Å². The normalized spacial score (nSPS) is 14.7. The van der Waals surface area contributed by atoms with Crippen molar-refractivity contribution in [2.24, 2.45) is 17.2 Å². The lowest BCUT2D eigenvalue weighted by Gasteiger charge is -2.25. The van der Waals surface area contributed by atoms with Gasteiger partial charge in [0.05, 0.1) is 0 Å². The molecule has 0 radical (unpaired) electrons. The molecule has 0 amide bonds. The summed E-state index contributed by atoms with van der Waals surface area (Å²) in [6.45, 7) is 4.32. The number of nitrogens with zero attached hydrogens (tertiary/aromatic N) is 1. The average Bonchev–Trinajstić information content (AvgIpc) is 2.17. The van der Waals surface area contributed by atoms with Crippen molar-refractivity contribution in [1.29, 1.82) is 0 Å². The van der Waals surface area contributed by atoms with Crippen molar-refractivity contribution >= 4 is 0 Å². The molecule has 0 aromatic rings. The molecule has 76 valence electrons. The fourth-order valence-corrected chi connectivity index (χ4v) is 0.976. The van der Waals surface area contributed by atoms with Crippen molar-refractivity contribution in [3.05, 3.63) is 24.6 Å². The Morgan fingerprint density at radius 1 is 1.15 bits per heavy atom. The van der Waals surface area contributed by atoms with E-state index in [2.05, 4.69) is 11.8 Å². The zero-order chi connectivity index (χ0) is 10.1. The van der Waals surface area contributed by atoms with Crippen LogP contribution in [0.2, 0.25) is 0 Å². The first-order valence-corrected chi connectivity index (χ1v) is 4.43. The summed E-state index contributed by atoms with van der Waals surface area (Å²) in [7, 11) is 0. The van der Waals surface area contributed by atoms with Gasteiger partial charge in [-0.3, -0.25) is 4.90 Å². The van der Waals surface area contributed by atoms with Crippen molar-refractivity contribution in [2.45, 2.75) is 13.0 Å². The van der Waals surface area contributed by atoms with E-state index in [9.17, 15) is 0 Å². The first kappa shape index (κ1) is 12.0. The molecule has 0 aliphatic heterocycles. The Hall–Kier alpha value is -1.00. The van der Waals surface area contributed by atoms with E-state index >= 15 is 0 Å². The van der Waals surface area contributed by atoms with Crippen molar-refractivity contribution in [2.75, 3.05) is 19.6 Å². The SMILES string of the molecule is CC(CN)N(CC=CN)CC=CN. The van der Waals surface area contributed by atoms with Gasteiger partial charge in [0.2, 0.25) is 0 Å². The first-order valence-electron chi connectivity index (χ1n) is 4.43. The van der Waals surface area contributed by atoms with Crippen LogP contribution in [0.25, 0.3) is 0 Å². The Morgan fingerprint density at radius 2 is 1.62 bits per heavy atom. The monoisotopic (exact) mass is 184 g/mol. The van der Waals surface area contributed by atoms with E-state index < -0.39 is 0 Å². The molecule has 0 saturated heterocycles. The molecule has 0 heterocycles. The van der Waals surface area contributed by atoms with E-state index in [-0.39, 0.29) is 0 Å². The van der Waals surface area contributed by atoms with Crippen LogP contribution in [0.1, 0.15) is 6.92 Å². The second-order valence-corrected chi connectivity index (χ2v) is 2.89. The number of rotatable bonds is 6. The molecule has 4 heteroatoms. The Kier molecular flexibility index (Phi) is 7.05. The number of hydrogen-bond acceptors (Lipinski definition) is 4. The van der Waals surface area contributed by atoms with E-state index in [1.54, 1.807) is 12.4 Å². The van der Waals surface area contributed by atoms with Crippen LogP contribution in [0.15, 0.2) is 24.6 Å². The van der Waals surface area contributed by atoms with Gasteiger partial charge in [0, 0.05) is 25.7 Å². The fraction of sp³-hybridized carbons (Fsp3) is 0.556. The largest absolute Gasteiger partial charge is 0.405 e. The van der Waals surface area contributed by atoms with Gasteiger partial charge in [-0.1, -0.05) is 12.2 Å². The molecule has 0 aromatic heterocycles. The third-order valence-electron chi connectivity index (χ3n) is 1.92. The molecular weight excluding hydrogens is 164 g/mol. The van der Waals surface area contributed by atoms with E-state index in [4.69, 9.17) is 17.2 Å². The summed E-state index contributed by atoms with van der Waals surface area (Å²) in [6, 6.07) is 0.340. The van der Waals surface area contributed by atoms with Gasteiger partial charge in [0.1, 0.15) is 0 Å². The van der Waals surface area contributed by atoms with Crippen LogP contribution in [-0.4, -0.2) is 30.6 Å². The molecule has 1 unspecified atom stereocenters. The molecule has 0 bridgehead atoms.